The van der Waals surface area contributed by atoms with Gasteiger partial charge in [0.05, 0.1) is 0 Å². The van der Waals surface area contributed by atoms with E-state index in [1.54, 1.807) is 0 Å². The zero-order valence-electron chi connectivity index (χ0n) is 12.3. The first-order valence-electron chi connectivity index (χ1n) is 7.61. The summed E-state index contributed by atoms with van der Waals surface area (Å²) in [4.78, 5) is 2.72. The number of rotatable bonds is 6. The first-order chi connectivity index (χ1) is 8.10. The summed E-state index contributed by atoms with van der Waals surface area (Å²) in [5.74, 6) is 0.843. The lowest BCUT2D eigenvalue weighted by molar-refractivity contribution is 0.0664. The Morgan fingerprint density at radius 1 is 1.18 bits per heavy atom. The van der Waals surface area contributed by atoms with E-state index in [0.717, 1.165) is 12.0 Å². The smallest absolute Gasteiger partial charge is 0.0247 e. The van der Waals surface area contributed by atoms with Crippen LogP contribution >= 0.6 is 0 Å². The van der Waals surface area contributed by atoms with Crippen LogP contribution in [0.3, 0.4) is 0 Å². The van der Waals surface area contributed by atoms with Gasteiger partial charge in [0.15, 0.2) is 0 Å². The van der Waals surface area contributed by atoms with Crippen LogP contribution in [0.5, 0.6) is 0 Å². The molecular weight excluding hydrogens is 208 g/mol. The van der Waals surface area contributed by atoms with Crippen molar-refractivity contribution in [3.8, 4) is 0 Å². The van der Waals surface area contributed by atoms with Crippen LogP contribution < -0.4 is 5.73 Å². The molecule has 0 aromatic carbocycles. The van der Waals surface area contributed by atoms with E-state index in [4.69, 9.17) is 5.73 Å². The minimum Gasteiger partial charge on any atom is -0.327 e. The van der Waals surface area contributed by atoms with Gasteiger partial charge in [-0.1, -0.05) is 33.6 Å². The Bertz CT molecular complexity index is 203. The molecule has 0 aliphatic carbocycles. The van der Waals surface area contributed by atoms with E-state index in [2.05, 4.69) is 32.6 Å². The number of hydrogen-bond acceptors (Lipinski definition) is 2. The van der Waals surface area contributed by atoms with Crippen LogP contribution in [-0.4, -0.2) is 29.6 Å². The highest BCUT2D eigenvalue weighted by Crippen LogP contribution is 2.26. The van der Waals surface area contributed by atoms with Gasteiger partial charge in [-0.05, 0) is 45.1 Å². The Morgan fingerprint density at radius 2 is 1.88 bits per heavy atom. The fourth-order valence-electron chi connectivity index (χ4n) is 3.17. The summed E-state index contributed by atoms with van der Waals surface area (Å²) in [7, 11) is 0. The van der Waals surface area contributed by atoms with E-state index < -0.39 is 0 Å². The Kier molecular flexibility index (Phi) is 6.50. The molecule has 17 heavy (non-hydrogen) atoms. The first-order valence-corrected chi connectivity index (χ1v) is 7.61. The van der Waals surface area contributed by atoms with Crippen molar-refractivity contribution in [3.05, 3.63) is 0 Å². The van der Waals surface area contributed by atoms with E-state index in [-0.39, 0.29) is 0 Å². The molecule has 0 spiro atoms. The van der Waals surface area contributed by atoms with Gasteiger partial charge in [-0.15, -0.1) is 0 Å². The largest absolute Gasteiger partial charge is 0.327 e. The molecule has 0 bridgehead atoms. The molecular formula is C15H32N2. The van der Waals surface area contributed by atoms with Gasteiger partial charge in [-0.2, -0.15) is 0 Å². The Labute approximate surface area is 108 Å². The minimum absolute atomic E-state index is 0.321. The molecule has 4 atom stereocenters. The second-order valence-electron chi connectivity index (χ2n) is 5.97. The highest BCUT2D eigenvalue weighted by Gasteiger charge is 2.30. The van der Waals surface area contributed by atoms with Crippen molar-refractivity contribution in [1.29, 1.82) is 0 Å². The maximum Gasteiger partial charge on any atom is 0.0247 e. The van der Waals surface area contributed by atoms with E-state index in [1.165, 1.54) is 45.1 Å². The molecule has 1 aliphatic rings. The van der Waals surface area contributed by atoms with Gasteiger partial charge >= 0.3 is 0 Å². The van der Waals surface area contributed by atoms with Crippen molar-refractivity contribution in [2.75, 3.05) is 6.54 Å². The molecule has 0 aromatic heterocycles. The third kappa shape index (κ3) is 4.26. The molecule has 0 aromatic rings. The highest BCUT2D eigenvalue weighted by atomic mass is 15.2. The molecule has 0 amide bonds. The number of piperidine rings is 1. The summed E-state index contributed by atoms with van der Waals surface area (Å²) < 4.78 is 0. The molecule has 0 radical (unpaired) electrons. The lowest BCUT2D eigenvalue weighted by atomic mass is 9.90. The van der Waals surface area contributed by atoms with Gasteiger partial charge in [0, 0.05) is 18.1 Å². The Balaban J connectivity index is 2.63. The van der Waals surface area contributed by atoms with Gasteiger partial charge in [0.1, 0.15) is 0 Å². The standard InChI is InChI=1S/C15H32N2/c1-5-12(3)11-14(6-2)17-10-8-7-9-15(17)13(4)16/h12-15H,5-11,16H2,1-4H3. The van der Waals surface area contributed by atoms with E-state index in [9.17, 15) is 0 Å². The van der Waals surface area contributed by atoms with Gasteiger partial charge in [-0.25, -0.2) is 0 Å². The molecule has 0 saturated carbocycles. The van der Waals surface area contributed by atoms with Crippen molar-refractivity contribution in [2.24, 2.45) is 11.7 Å². The Hall–Kier alpha value is -0.0800. The van der Waals surface area contributed by atoms with Crippen LogP contribution in [-0.2, 0) is 0 Å². The summed E-state index contributed by atoms with van der Waals surface area (Å²) in [5, 5.41) is 0. The van der Waals surface area contributed by atoms with Gasteiger partial charge < -0.3 is 5.73 Å². The van der Waals surface area contributed by atoms with Crippen molar-refractivity contribution < 1.29 is 0 Å². The molecule has 1 rings (SSSR count). The molecule has 4 unspecified atom stereocenters. The fraction of sp³-hybridized carbons (Fsp3) is 1.00. The molecule has 102 valence electrons. The van der Waals surface area contributed by atoms with Crippen LogP contribution in [0, 0.1) is 5.92 Å². The predicted molar refractivity (Wildman–Crippen MR) is 76.1 cm³/mol. The molecule has 1 fully saturated rings. The lowest BCUT2D eigenvalue weighted by Crippen LogP contribution is -2.53. The summed E-state index contributed by atoms with van der Waals surface area (Å²) in [6, 6.07) is 1.69. The molecule has 2 N–H and O–H groups in total. The minimum atomic E-state index is 0.321. The quantitative estimate of drug-likeness (QED) is 0.771. The van der Waals surface area contributed by atoms with Crippen molar-refractivity contribution in [2.45, 2.75) is 84.3 Å². The maximum absolute atomic E-state index is 6.17. The molecule has 1 saturated heterocycles. The third-order valence-electron chi connectivity index (χ3n) is 4.51. The van der Waals surface area contributed by atoms with Crippen molar-refractivity contribution in [3.63, 3.8) is 0 Å². The number of nitrogens with two attached hydrogens (primary N) is 1. The van der Waals surface area contributed by atoms with Gasteiger partial charge in [0.2, 0.25) is 0 Å². The summed E-state index contributed by atoms with van der Waals surface area (Å²) in [6.07, 6.45) is 7.94. The molecule has 1 heterocycles. The van der Waals surface area contributed by atoms with Gasteiger partial charge in [0.25, 0.3) is 0 Å². The van der Waals surface area contributed by atoms with E-state index >= 15 is 0 Å². The average molecular weight is 240 g/mol. The zero-order valence-corrected chi connectivity index (χ0v) is 12.3. The highest BCUT2D eigenvalue weighted by molar-refractivity contribution is 4.87. The molecule has 1 aliphatic heterocycles. The summed E-state index contributed by atoms with van der Waals surface area (Å²) >= 11 is 0. The summed E-state index contributed by atoms with van der Waals surface area (Å²) in [6.45, 7) is 10.5. The second-order valence-corrected chi connectivity index (χ2v) is 5.97. The first kappa shape index (κ1) is 15.0. The van der Waals surface area contributed by atoms with E-state index in [1.807, 2.05) is 0 Å². The predicted octanol–water partition coefficient (Wildman–Crippen LogP) is 3.40. The topological polar surface area (TPSA) is 29.3 Å². The average Bonchev–Trinajstić information content (AvgIpc) is 2.35. The third-order valence-corrected chi connectivity index (χ3v) is 4.51. The van der Waals surface area contributed by atoms with Crippen LogP contribution in [0.15, 0.2) is 0 Å². The SMILES string of the molecule is CCC(C)CC(CC)N1CCCCC1C(C)N. The lowest BCUT2D eigenvalue weighted by Gasteiger charge is -2.43. The van der Waals surface area contributed by atoms with Crippen LogP contribution in [0.2, 0.25) is 0 Å². The normalized spacial score (nSPS) is 27.7. The monoisotopic (exact) mass is 240 g/mol. The van der Waals surface area contributed by atoms with Crippen molar-refractivity contribution >= 4 is 0 Å². The van der Waals surface area contributed by atoms with Crippen LogP contribution in [0.1, 0.15) is 66.2 Å². The molecule has 2 nitrogen and oxygen atoms in total. The Morgan fingerprint density at radius 3 is 2.41 bits per heavy atom. The summed E-state index contributed by atoms with van der Waals surface area (Å²) in [5.41, 5.74) is 6.17. The number of likely N-dealkylation sites (tertiary alicyclic amines) is 1. The van der Waals surface area contributed by atoms with Crippen LogP contribution in [0.4, 0.5) is 0 Å². The van der Waals surface area contributed by atoms with Crippen LogP contribution in [0.25, 0.3) is 0 Å². The number of nitrogens with zero attached hydrogens (tertiary/aromatic N) is 1. The second kappa shape index (κ2) is 7.38. The number of hydrogen-bond donors (Lipinski definition) is 1. The molecule has 2 heteroatoms. The van der Waals surface area contributed by atoms with Crippen molar-refractivity contribution in [1.82, 2.24) is 4.90 Å². The zero-order chi connectivity index (χ0) is 12.8. The fourth-order valence-corrected chi connectivity index (χ4v) is 3.17. The maximum atomic E-state index is 6.17. The van der Waals surface area contributed by atoms with Gasteiger partial charge in [-0.3, -0.25) is 4.90 Å². The van der Waals surface area contributed by atoms with E-state index in [0.29, 0.717) is 12.1 Å².